The van der Waals surface area contributed by atoms with Crippen LogP contribution in [0, 0.1) is 13.8 Å². The van der Waals surface area contributed by atoms with Crippen LogP contribution in [0.1, 0.15) is 59.2 Å². The zero-order chi connectivity index (χ0) is 30.1. The molecule has 5 aromatic rings. The summed E-state index contributed by atoms with van der Waals surface area (Å²) in [6.07, 6.45) is 1.03. The summed E-state index contributed by atoms with van der Waals surface area (Å²) in [4.78, 5) is 2.58. The quantitative estimate of drug-likeness (QED) is 0.128. The lowest BCUT2D eigenvalue weighted by molar-refractivity contribution is 0.248. The van der Waals surface area contributed by atoms with Crippen LogP contribution >= 0.6 is 8.58 Å². The van der Waals surface area contributed by atoms with Crippen LogP contribution in [0.25, 0.3) is 0 Å². The van der Waals surface area contributed by atoms with Gasteiger partial charge >= 0.3 is 0 Å². The van der Waals surface area contributed by atoms with Crippen molar-refractivity contribution in [3.8, 4) is 5.75 Å². The lowest BCUT2D eigenvalue weighted by atomic mass is 9.94. The Hall–Kier alpha value is -3.71. The maximum Gasteiger partial charge on any atom is 0.126 e. The van der Waals surface area contributed by atoms with Gasteiger partial charge in [0.25, 0.3) is 0 Å². The fourth-order valence-electron chi connectivity index (χ4n) is 5.76. The van der Waals surface area contributed by atoms with Gasteiger partial charge in [-0.2, -0.15) is 0 Å². The molecule has 0 saturated heterocycles. The number of rotatable bonds is 13. The van der Waals surface area contributed by atoms with Crippen molar-refractivity contribution < 1.29 is 4.74 Å². The number of aryl methyl sites for hydroxylation is 2. The molecule has 0 aliphatic rings. The van der Waals surface area contributed by atoms with Crippen LogP contribution in [0.5, 0.6) is 5.75 Å². The molecule has 5 aromatic carbocycles. The van der Waals surface area contributed by atoms with E-state index >= 15 is 0 Å². The van der Waals surface area contributed by atoms with Crippen molar-refractivity contribution in [3.05, 3.63) is 166 Å². The molecule has 3 heteroatoms. The molecule has 0 heterocycles. The van der Waals surface area contributed by atoms with E-state index in [2.05, 4.69) is 160 Å². The third kappa shape index (κ3) is 8.02. The Morgan fingerprint density at radius 1 is 0.605 bits per heavy atom. The van der Waals surface area contributed by atoms with E-state index in [1.54, 1.807) is 0 Å². The summed E-state index contributed by atoms with van der Waals surface area (Å²) in [7, 11) is 0.616. The summed E-state index contributed by atoms with van der Waals surface area (Å²) in [5.41, 5.74) is 9.17. The molecular weight excluding hydrogens is 541 g/mol. The Balaban J connectivity index is 1.45. The Morgan fingerprint density at radius 3 is 1.72 bits per heavy atom. The lowest BCUT2D eigenvalue weighted by Gasteiger charge is -2.34. The maximum atomic E-state index is 6.59. The molecule has 220 valence electrons. The summed E-state index contributed by atoms with van der Waals surface area (Å²) < 4.78 is 6.59. The highest BCUT2D eigenvalue weighted by Crippen LogP contribution is 2.49. The van der Waals surface area contributed by atoms with Gasteiger partial charge in [-0.05, 0) is 59.0 Å². The average Bonchev–Trinajstić information content (AvgIpc) is 3.03. The van der Waals surface area contributed by atoms with Crippen LogP contribution in [0.2, 0.25) is 0 Å². The van der Waals surface area contributed by atoms with Gasteiger partial charge in [-0.3, -0.25) is 4.90 Å². The Bertz CT molecular complexity index is 1540. The first-order valence-electron chi connectivity index (χ1n) is 15.4. The van der Waals surface area contributed by atoms with Crippen molar-refractivity contribution in [2.45, 2.75) is 65.5 Å². The van der Waals surface area contributed by atoms with Gasteiger partial charge in [-0.1, -0.05) is 150 Å². The van der Waals surface area contributed by atoms with Crippen LogP contribution in [0.3, 0.4) is 0 Å². The monoisotopic (exact) mass is 585 g/mol. The number of ether oxygens (including phenoxy) is 1. The van der Waals surface area contributed by atoms with Gasteiger partial charge in [0.15, 0.2) is 0 Å². The first-order chi connectivity index (χ1) is 20.9. The first kappa shape index (κ1) is 30.7. The van der Waals surface area contributed by atoms with Crippen molar-refractivity contribution >= 4 is 13.9 Å². The van der Waals surface area contributed by atoms with E-state index in [1.165, 1.54) is 44.2 Å². The van der Waals surface area contributed by atoms with Crippen LogP contribution in [-0.2, 0) is 31.4 Å². The van der Waals surface area contributed by atoms with E-state index in [0.717, 1.165) is 31.8 Å². The van der Waals surface area contributed by atoms with E-state index in [-0.39, 0.29) is 5.16 Å². The van der Waals surface area contributed by atoms with Gasteiger partial charge in [0.1, 0.15) is 12.4 Å². The van der Waals surface area contributed by atoms with Gasteiger partial charge < -0.3 is 4.74 Å². The third-order valence-corrected chi connectivity index (χ3v) is 10.5. The highest BCUT2D eigenvalue weighted by Gasteiger charge is 2.31. The van der Waals surface area contributed by atoms with Crippen LogP contribution < -0.4 is 10.0 Å². The van der Waals surface area contributed by atoms with Crippen molar-refractivity contribution in [1.29, 1.82) is 0 Å². The van der Waals surface area contributed by atoms with Crippen LogP contribution in [0.4, 0.5) is 0 Å². The Kier molecular flexibility index (Phi) is 10.5. The molecule has 0 saturated carbocycles. The number of hydrogen-bond acceptors (Lipinski definition) is 2. The second-order valence-electron chi connectivity index (χ2n) is 11.8. The van der Waals surface area contributed by atoms with Gasteiger partial charge in [-0.25, -0.2) is 0 Å². The normalized spacial score (nSPS) is 13.0. The van der Waals surface area contributed by atoms with E-state index in [1.807, 2.05) is 0 Å². The summed E-state index contributed by atoms with van der Waals surface area (Å²) in [6, 6.07) is 45.7. The molecule has 0 aliphatic heterocycles. The zero-order valence-corrected chi connectivity index (χ0v) is 27.0. The van der Waals surface area contributed by atoms with Crippen LogP contribution in [-0.4, -0.2) is 4.90 Å². The lowest BCUT2D eigenvalue weighted by Crippen LogP contribution is -2.27. The molecule has 2 atom stereocenters. The zero-order valence-electron chi connectivity index (χ0n) is 26.0. The van der Waals surface area contributed by atoms with E-state index in [4.69, 9.17) is 4.74 Å². The minimum atomic E-state index is -0.0530. The fourth-order valence-corrected chi connectivity index (χ4v) is 7.42. The second-order valence-corrected chi connectivity index (χ2v) is 13.6. The maximum absolute atomic E-state index is 6.59. The largest absolute Gasteiger partial charge is 0.488 e. The summed E-state index contributed by atoms with van der Waals surface area (Å²) >= 11 is 0. The van der Waals surface area contributed by atoms with Crippen LogP contribution in [0.15, 0.2) is 127 Å². The number of hydrogen-bond donors (Lipinski definition) is 0. The van der Waals surface area contributed by atoms with Gasteiger partial charge in [0.05, 0.1) is 0 Å². The molecule has 43 heavy (non-hydrogen) atoms. The molecule has 0 fully saturated rings. The standard InChI is InChI=1S/C40H44NOP/c1-5-40(4,37-26-16-17-31(2)38(37)42-30-35-23-13-8-14-24-35)43-39-32(3)18-15-25-36(39)29-41(27-33-19-9-6-10-20-33)28-34-21-11-7-12-22-34/h6-26,43H,5,27-30H2,1-4H3. The number of benzene rings is 5. The Labute approximate surface area is 260 Å². The smallest absolute Gasteiger partial charge is 0.126 e. The molecule has 0 aromatic heterocycles. The highest BCUT2D eigenvalue weighted by molar-refractivity contribution is 7.48. The summed E-state index contributed by atoms with van der Waals surface area (Å²) in [6.45, 7) is 12.5. The number of nitrogens with zero attached hydrogens (tertiary/aromatic N) is 1. The minimum absolute atomic E-state index is 0.0530. The van der Waals surface area contributed by atoms with Crippen molar-refractivity contribution in [1.82, 2.24) is 4.90 Å². The summed E-state index contributed by atoms with van der Waals surface area (Å²) in [5.74, 6) is 1.04. The van der Waals surface area contributed by atoms with E-state index < -0.39 is 0 Å². The first-order valence-corrected chi connectivity index (χ1v) is 16.4. The predicted octanol–water partition coefficient (Wildman–Crippen LogP) is 9.71. The topological polar surface area (TPSA) is 12.5 Å². The fraction of sp³-hybridized carbons (Fsp3) is 0.250. The molecule has 0 amide bonds. The molecule has 2 unspecified atom stereocenters. The van der Waals surface area contributed by atoms with E-state index in [0.29, 0.717) is 15.2 Å². The minimum Gasteiger partial charge on any atom is -0.488 e. The van der Waals surface area contributed by atoms with Gasteiger partial charge in [-0.15, -0.1) is 0 Å². The molecule has 0 bridgehead atoms. The molecule has 0 radical (unpaired) electrons. The molecule has 0 aliphatic carbocycles. The SMILES string of the molecule is CCC(C)(Pc1c(C)cccc1CN(Cc1ccccc1)Cc1ccccc1)c1cccc(C)c1OCc1ccccc1. The molecular formula is C40H44NOP. The Morgan fingerprint density at radius 2 is 1.14 bits per heavy atom. The van der Waals surface area contributed by atoms with Crippen molar-refractivity contribution in [2.75, 3.05) is 0 Å². The van der Waals surface area contributed by atoms with Gasteiger partial charge in [0.2, 0.25) is 0 Å². The number of para-hydroxylation sites is 1. The third-order valence-electron chi connectivity index (χ3n) is 8.39. The van der Waals surface area contributed by atoms with Crippen molar-refractivity contribution in [3.63, 3.8) is 0 Å². The highest BCUT2D eigenvalue weighted by atomic mass is 31.1. The second kappa shape index (κ2) is 14.6. The average molecular weight is 586 g/mol. The van der Waals surface area contributed by atoms with Gasteiger partial charge in [0, 0.05) is 30.4 Å². The molecule has 5 rings (SSSR count). The molecule has 0 N–H and O–H groups in total. The molecule has 2 nitrogen and oxygen atoms in total. The van der Waals surface area contributed by atoms with Crippen molar-refractivity contribution in [2.24, 2.45) is 0 Å². The molecule has 0 spiro atoms. The summed E-state index contributed by atoms with van der Waals surface area (Å²) in [5, 5.41) is 1.43. The van der Waals surface area contributed by atoms with E-state index in [9.17, 15) is 0 Å². The predicted molar refractivity (Wildman–Crippen MR) is 185 cm³/mol.